The van der Waals surface area contributed by atoms with Gasteiger partial charge in [-0.1, -0.05) is 12.1 Å². The Bertz CT molecular complexity index is 1260. The molecule has 5 rings (SSSR count). The third-order valence-electron chi connectivity index (χ3n) is 5.69. The number of benzene rings is 2. The molecule has 0 radical (unpaired) electrons. The number of H-pyrrole nitrogens is 1. The van der Waals surface area contributed by atoms with Crippen LogP contribution in [0.25, 0.3) is 21.9 Å². The summed E-state index contributed by atoms with van der Waals surface area (Å²) in [6.45, 7) is 4.53. The molecule has 1 amide bonds. The molecule has 1 N–H and O–H groups in total. The Morgan fingerprint density at radius 3 is 2.86 bits per heavy atom. The van der Waals surface area contributed by atoms with Gasteiger partial charge in [0.25, 0.3) is 5.91 Å². The van der Waals surface area contributed by atoms with E-state index in [1.54, 1.807) is 12.1 Å². The number of rotatable bonds is 2. The van der Waals surface area contributed by atoms with Gasteiger partial charge < -0.3 is 9.88 Å². The largest absolute Gasteiger partial charge is 0.340 e. The zero-order chi connectivity index (χ0) is 20.1. The summed E-state index contributed by atoms with van der Waals surface area (Å²) < 4.78 is 13.7. The molecule has 1 unspecified atom stereocenters. The van der Waals surface area contributed by atoms with Crippen molar-refractivity contribution in [3.63, 3.8) is 0 Å². The van der Waals surface area contributed by atoms with Gasteiger partial charge in [-0.05, 0) is 56.5 Å². The highest BCUT2D eigenvalue weighted by molar-refractivity contribution is 6.06. The van der Waals surface area contributed by atoms with Crippen molar-refractivity contribution in [3.05, 3.63) is 70.9 Å². The molecule has 1 fully saturated rings. The second-order valence-electron chi connectivity index (χ2n) is 7.72. The van der Waals surface area contributed by atoms with E-state index in [1.165, 1.54) is 12.1 Å². The molecule has 146 valence electrons. The van der Waals surface area contributed by atoms with E-state index in [0.29, 0.717) is 28.7 Å². The van der Waals surface area contributed by atoms with Crippen LogP contribution in [0.2, 0.25) is 0 Å². The summed E-state index contributed by atoms with van der Waals surface area (Å²) in [4.78, 5) is 28.0. The maximum Gasteiger partial charge on any atom is 0.255 e. The Morgan fingerprint density at radius 2 is 2.03 bits per heavy atom. The topological polar surface area (TPSA) is 61.9 Å². The number of aromatic amines is 1. The Kier molecular flexibility index (Phi) is 4.08. The van der Waals surface area contributed by atoms with Crippen LogP contribution < -0.4 is 0 Å². The number of aromatic nitrogens is 3. The van der Waals surface area contributed by atoms with Crippen molar-refractivity contribution >= 4 is 27.8 Å². The van der Waals surface area contributed by atoms with Crippen molar-refractivity contribution in [2.75, 3.05) is 6.54 Å². The van der Waals surface area contributed by atoms with Crippen LogP contribution >= 0.6 is 0 Å². The Morgan fingerprint density at radius 1 is 1.17 bits per heavy atom. The lowest BCUT2D eigenvalue weighted by Crippen LogP contribution is -2.31. The number of hydrogen-bond donors (Lipinski definition) is 1. The Balaban J connectivity index is 1.57. The third-order valence-corrected chi connectivity index (χ3v) is 5.69. The number of amides is 1. The number of carbonyl (C=O) groups is 1. The Labute approximate surface area is 167 Å². The maximum atomic E-state index is 13.7. The molecular weight excluding hydrogens is 367 g/mol. The fourth-order valence-corrected chi connectivity index (χ4v) is 4.31. The smallest absolute Gasteiger partial charge is 0.255 e. The average molecular weight is 388 g/mol. The number of fused-ring (bicyclic) bond motifs is 2. The predicted molar refractivity (Wildman–Crippen MR) is 110 cm³/mol. The highest BCUT2D eigenvalue weighted by Gasteiger charge is 2.33. The second kappa shape index (κ2) is 6.65. The Hall–Kier alpha value is -3.28. The molecule has 29 heavy (non-hydrogen) atoms. The summed E-state index contributed by atoms with van der Waals surface area (Å²) in [5.74, 6) is 0.402. The monoisotopic (exact) mass is 388 g/mol. The molecular formula is C23H21FN4O. The van der Waals surface area contributed by atoms with Gasteiger partial charge in [0.05, 0.1) is 28.2 Å². The van der Waals surface area contributed by atoms with Crippen LogP contribution in [-0.2, 0) is 0 Å². The minimum atomic E-state index is -0.356. The number of imidazole rings is 1. The second-order valence-corrected chi connectivity index (χ2v) is 7.72. The molecule has 1 aliphatic rings. The molecule has 0 bridgehead atoms. The third kappa shape index (κ3) is 2.95. The first-order chi connectivity index (χ1) is 14.0. The van der Waals surface area contributed by atoms with E-state index in [2.05, 4.69) is 9.97 Å². The van der Waals surface area contributed by atoms with Crippen LogP contribution in [0.1, 0.15) is 46.3 Å². The van der Waals surface area contributed by atoms with Crippen LogP contribution in [-0.4, -0.2) is 32.3 Å². The van der Waals surface area contributed by atoms with Gasteiger partial charge in [0.2, 0.25) is 0 Å². The number of para-hydroxylation sites is 1. The van der Waals surface area contributed by atoms with Gasteiger partial charge in [-0.25, -0.2) is 9.37 Å². The number of carbonyl (C=O) groups excluding carboxylic acids is 1. The predicted octanol–water partition coefficient (Wildman–Crippen LogP) is 4.84. The number of halogens is 1. The summed E-state index contributed by atoms with van der Waals surface area (Å²) in [7, 11) is 0. The summed E-state index contributed by atoms with van der Waals surface area (Å²) in [5.41, 5.74) is 4.80. The minimum absolute atomic E-state index is 0.0632. The molecule has 0 spiro atoms. The van der Waals surface area contributed by atoms with Crippen molar-refractivity contribution in [2.45, 2.75) is 32.7 Å². The summed E-state index contributed by atoms with van der Waals surface area (Å²) in [6.07, 6.45) is 1.78. The van der Waals surface area contributed by atoms with Gasteiger partial charge in [-0.2, -0.15) is 0 Å². The minimum Gasteiger partial charge on any atom is -0.340 e. The average Bonchev–Trinajstić information content (AvgIpc) is 3.34. The molecule has 1 aliphatic heterocycles. The van der Waals surface area contributed by atoms with Gasteiger partial charge in [0.15, 0.2) is 0 Å². The van der Waals surface area contributed by atoms with Gasteiger partial charge in [0.1, 0.15) is 11.6 Å². The fourth-order valence-electron chi connectivity index (χ4n) is 4.31. The van der Waals surface area contributed by atoms with Gasteiger partial charge in [0, 0.05) is 23.7 Å². The van der Waals surface area contributed by atoms with Crippen molar-refractivity contribution in [1.29, 1.82) is 0 Å². The van der Waals surface area contributed by atoms with Crippen molar-refractivity contribution in [1.82, 2.24) is 19.9 Å². The molecule has 0 aliphatic carbocycles. The number of aryl methyl sites for hydroxylation is 2. The quantitative estimate of drug-likeness (QED) is 0.534. The first-order valence-electron chi connectivity index (χ1n) is 9.84. The lowest BCUT2D eigenvalue weighted by atomic mass is 10.1. The molecule has 0 saturated carbocycles. The first-order valence-corrected chi connectivity index (χ1v) is 9.84. The molecule has 5 nitrogen and oxygen atoms in total. The van der Waals surface area contributed by atoms with Crippen LogP contribution in [0.4, 0.5) is 4.39 Å². The molecule has 1 saturated heterocycles. The van der Waals surface area contributed by atoms with E-state index in [9.17, 15) is 9.18 Å². The zero-order valence-corrected chi connectivity index (χ0v) is 16.4. The highest BCUT2D eigenvalue weighted by atomic mass is 19.1. The van der Waals surface area contributed by atoms with Gasteiger partial charge in [-0.15, -0.1) is 0 Å². The van der Waals surface area contributed by atoms with E-state index >= 15 is 0 Å². The SMILES string of the molecule is Cc1cc(C(=O)N2CCCC2c2nc3c(C)cccc3[nH]2)c2ccc(F)cc2n1. The summed E-state index contributed by atoms with van der Waals surface area (Å²) >= 11 is 0. The van der Waals surface area contributed by atoms with Crippen LogP contribution in [0.15, 0.2) is 42.5 Å². The van der Waals surface area contributed by atoms with Crippen molar-refractivity contribution < 1.29 is 9.18 Å². The number of pyridine rings is 1. The van der Waals surface area contributed by atoms with E-state index in [0.717, 1.165) is 35.3 Å². The lowest BCUT2D eigenvalue weighted by molar-refractivity contribution is 0.0732. The normalized spacial score (nSPS) is 16.8. The maximum absolute atomic E-state index is 13.7. The first kappa shape index (κ1) is 17.8. The van der Waals surface area contributed by atoms with Gasteiger partial charge in [-0.3, -0.25) is 9.78 Å². The highest BCUT2D eigenvalue weighted by Crippen LogP contribution is 2.34. The van der Waals surface area contributed by atoms with Crippen LogP contribution in [0.3, 0.4) is 0 Å². The van der Waals surface area contributed by atoms with Crippen molar-refractivity contribution in [2.24, 2.45) is 0 Å². The summed E-state index contributed by atoms with van der Waals surface area (Å²) in [6, 6.07) is 12.1. The van der Waals surface area contributed by atoms with Crippen LogP contribution in [0, 0.1) is 19.7 Å². The molecule has 1 atom stereocenters. The van der Waals surface area contributed by atoms with E-state index in [-0.39, 0.29) is 17.8 Å². The number of nitrogens with one attached hydrogen (secondary N) is 1. The van der Waals surface area contributed by atoms with Crippen LogP contribution in [0.5, 0.6) is 0 Å². The van der Waals surface area contributed by atoms with E-state index in [4.69, 9.17) is 4.98 Å². The van der Waals surface area contributed by atoms with Gasteiger partial charge >= 0.3 is 0 Å². The van der Waals surface area contributed by atoms with Crippen molar-refractivity contribution in [3.8, 4) is 0 Å². The number of hydrogen-bond acceptors (Lipinski definition) is 3. The summed E-state index contributed by atoms with van der Waals surface area (Å²) in [5, 5.41) is 0.674. The molecule has 2 aromatic heterocycles. The number of nitrogens with zero attached hydrogens (tertiary/aromatic N) is 3. The molecule has 3 heterocycles. The molecule has 4 aromatic rings. The lowest BCUT2D eigenvalue weighted by Gasteiger charge is -2.24. The molecule has 6 heteroatoms. The molecule has 2 aromatic carbocycles. The fraction of sp³-hybridized carbons (Fsp3) is 0.261. The number of likely N-dealkylation sites (tertiary alicyclic amines) is 1. The van der Waals surface area contributed by atoms with E-state index < -0.39 is 0 Å². The zero-order valence-electron chi connectivity index (χ0n) is 16.4. The standard InChI is InChI=1S/C23H21FN4O/c1-13-5-3-6-18-21(13)27-22(26-18)20-7-4-10-28(20)23(29)17-11-14(2)25-19-12-15(24)8-9-16(17)19/h3,5-6,8-9,11-12,20H,4,7,10H2,1-2H3,(H,26,27). The van der Waals surface area contributed by atoms with E-state index in [1.807, 2.05) is 36.9 Å².